The highest BCUT2D eigenvalue weighted by atomic mass is 16.6. The monoisotopic (exact) mass is 300 g/mol. The van der Waals surface area contributed by atoms with E-state index in [0.29, 0.717) is 0 Å². The van der Waals surface area contributed by atoms with Crippen molar-refractivity contribution in [1.29, 1.82) is 0 Å². The molecule has 0 aliphatic carbocycles. The zero-order chi connectivity index (χ0) is 15.3. The number of hydrogen-bond donors (Lipinski definition) is 6. The lowest BCUT2D eigenvalue weighted by Crippen LogP contribution is -2.38. The standard InChI is InChI=1S/C10H12N4O7/c15-1-2-4(16)5(17)8(21-2)14-6-3(11-9(19)12-6)7(18)13-10(14)20/h2,4-5,8,15-17H,1H2,(H2,11,12,19)(H,13,18,20)/t2-,4+,5-,8-/m1/s1. The quantitative estimate of drug-likeness (QED) is 0.331. The summed E-state index contributed by atoms with van der Waals surface area (Å²) < 4.78 is 6.02. The molecular formula is C10H12N4O7. The molecule has 3 heterocycles. The summed E-state index contributed by atoms with van der Waals surface area (Å²) in [5.41, 5.74) is -2.84. The zero-order valence-corrected chi connectivity index (χ0v) is 10.4. The van der Waals surface area contributed by atoms with Gasteiger partial charge in [0.1, 0.15) is 18.3 Å². The first-order valence-corrected chi connectivity index (χ1v) is 6.03. The summed E-state index contributed by atoms with van der Waals surface area (Å²) in [6, 6.07) is 0. The van der Waals surface area contributed by atoms with Crippen LogP contribution in [-0.4, -0.2) is 59.8 Å². The average molecular weight is 300 g/mol. The van der Waals surface area contributed by atoms with E-state index in [0.717, 1.165) is 4.57 Å². The Bertz CT molecular complexity index is 845. The molecule has 11 nitrogen and oxygen atoms in total. The van der Waals surface area contributed by atoms with E-state index >= 15 is 0 Å². The van der Waals surface area contributed by atoms with E-state index in [1.807, 2.05) is 4.98 Å². The average Bonchev–Trinajstić information content (AvgIpc) is 2.94. The predicted molar refractivity (Wildman–Crippen MR) is 66.8 cm³/mol. The number of aromatic amines is 3. The van der Waals surface area contributed by atoms with Crippen molar-refractivity contribution in [3.05, 3.63) is 31.3 Å². The minimum absolute atomic E-state index is 0.177. The summed E-state index contributed by atoms with van der Waals surface area (Å²) in [6.45, 7) is -0.570. The molecule has 1 aliphatic heterocycles. The molecular weight excluding hydrogens is 288 g/mol. The van der Waals surface area contributed by atoms with E-state index in [9.17, 15) is 24.6 Å². The first-order valence-electron chi connectivity index (χ1n) is 6.03. The van der Waals surface area contributed by atoms with Gasteiger partial charge in [0, 0.05) is 0 Å². The number of hydrogen-bond acceptors (Lipinski definition) is 7. The fourth-order valence-corrected chi connectivity index (χ4v) is 2.38. The maximum atomic E-state index is 11.9. The highest BCUT2D eigenvalue weighted by molar-refractivity contribution is 5.68. The van der Waals surface area contributed by atoms with Gasteiger partial charge in [0.25, 0.3) is 5.56 Å². The Morgan fingerprint density at radius 1 is 1.10 bits per heavy atom. The molecule has 0 spiro atoms. The molecule has 11 heteroatoms. The predicted octanol–water partition coefficient (Wildman–Crippen LogP) is -3.68. The van der Waals surface area contributed by atoms with Crippen LogP contribution >= 0.6 is 0 Å². The Labute approximate surface area is 114 Å². The van der Waals surface area contributed by atoms with Crippen molar-refractivity contribution in [2.24, 2.45) is 0 Å². The number of nitrogens with one attached hydrogen (secondary N) is 3. The van der Waals surface area contributed by atoms with Crippen LogP contribution in [0.15, 0.2) is 14.4 Å². The SMILES string of the molecule is O=c1[nH]c2c(=O)[nH]c(=O)n([C@@H]3O[C@H](CO)[C@H](O)[C@H]3O)c2[nH]1. The Hall–Kier alpha value is -2.21. The number of imidazole rings is 1. The largest absolute Gasteiger partial charge is 0.394 e. The highest BCUT2D eigenvalue weighted by Crippen LogP contribution is 2.29. The third kappa shape index (κ3) is 1.94. The summed E-state index contributed by atoms with van der Waals surface area (Å²) in [5, 5.41) is 28.7. The van der Waals surface area contributed by atoms with Gasteiger partial charge in [-0.25, -0.2) is 14.2 Å². The third-order valence-electron chi connectivity index (χ3n) is 3.39. The second kappa shape index (κ2) is 4.66. The number of fused-ring (bicyclic) bond motifs is 1. The zero-order valence-electron chi connectivity index (χ0n) is 10.4. The molecule has 0 radical (unpaired) electrons. The molecule has 0 saturated carbocycles. The summed E-state index contributed by atoms with van der Waals surface area (Å²) >= 11 is 0. The van der Waals surface area contributed by atoms with Gasteiger partial charge in [-0.2, -0.15) is 0 Å². The number of aliphatic hydroxyl groups is 3. The van der Waals surface area contributed by atoms with E-state index in [1.165, 1.54) is 0 Å². The van der Waals surface area contributed by atoms with Gasteiger partial charge in [-0.1, -0.05) is 0 Å². The van der Waals surface area contributed by atoms with Gasteiger partial charge in [-0.3, -0.25) is 19.7 Å². The van der Waals surface area contributed by atoms with Crippen molar-refractivity contribution in [1.82, 2.24) is 19.5 Å². The topological polar surface area (TPSA) is 173 Å². The van der Waals surface area contributed by atoms with Crippen molar-refractivity contribution in [3.8, 4) is 0 Å². The van der Waals surface area contributed by atoms with Crippen LogP contribution in [0.2, 0.25) is 0 Å². The van der Waals surface area contributed by atoms with Crippen molar-refractivity contribution >= 4 is 11.2 Å². The van der Waals surface area contributed by atoms with Crippen LogP contribution in [0.4, 0.5) is 0 Å². The molecule has 4 atom stereocenters. The molecule has 6 N–H and O–H groups in total. The first kappa shape index (κ1) is 13.8. The second-order valence-corrected chi connectivity index (χ2v) is 4.66. The highest BCUT2D eigenvalue weighted by Gasteiger charge is 2.44. The molecule has 114 valence electrons. The number of ether oxygens (including phenoxy) is 1. The van der Waals surface area contributed by atoms with Gasteiger partial charge in [-0.05, 0) is 0 Å². The Balaban J connectivity index is 2.24. The number of aliphatic hydroxyl groups excluding tert-OH is 3. The van der Waals surface area contributed by atoms with Crippen LogP contribution in [0, 0.1) is 0 Å². The van der Waals surface area contributed by atoms with Gasteiger partial charge in [-0.15, -0.1) is 0 Å². The Morgan fingerprint density at radius 2 is 1.81 bits per heavy atom. The summed E-state index contributed by atoms with van der Waals surface area (Å²) in [5.74, 6) is 0. The van der Waals surface area contributed by atoms with E-state index < -0.39 is 48.1 Å². The van der Waals surface area contributed by atoms with Crippen LogP contribution < -0.4 is 16.9 Å². The maximum Gasteiger partial charge on any atom is 0.332 e. The number of aromatic nitrogens is 4. The van der Waals surface area contributed by atoms with E-state index in [2.05, 4.69) is 9.97 Å². The molecule has 0 unspecified atom stereocenters. The van der Waals surface area contributed by atoms with E-state index in [-0.39, 0.29) is 11.2 Å². The van der Waals surface area contributed by atoms with Crippen LogP contribution in [0.3, 0.4) is 0 Å². The lowest BCUT2D eigenvalue weighted by molar-refractivity contribution is -0.0530. The summed E-state index contributed by atoms with van der Waals surface area (Å²) in [6.07, 6.45) is -5.40. The molecule has 21 heavy (non-hydrogen) atoms. The fourth-order valence-electron chi connectivity index (χ4n) is 2.38. The lowest BCUT2D eigenvalue weighted by Gasteiger charge is -2.17. The Morgan fingerprint density at radius 3 is 2.43 bits per heavy atom. The maximum absolute atomic E-state index is 11.9. The van der Waals surface area contributed by atoms with Crippen LogP contribution in [0.1, 0.15) is 6.23 Å². The van der Waals surface area contributed by atoms with Crippen LogP contribution in [-0.2, 0) is 4.74 Å². The van der Waals surface area contributed by atoms with Gasteiger partial charge >= 0.3 is 11.4 Å². The van der Waals surface area contributed by atoms with Crippen molar-refractivity contribution in [2.75, 3.05) is 6.61 Å². The molecule has 0 amide bonds. The van der Waals surface area contributed by atoms with E-state index in [1.54, 1.807) is 0 Å². The minimum Gasteiger partial charge on any atom is -0.394 e. The molecule has 0 bridgehead atoms. The summed E-state index contributed by atoms with van der Waals surface area (Å²) in [4.78, 5) is 41.3. The molecule has 2 aromatic heterocycles. The minimum atomic E-state index is -1.52. The van der Waals surface area contributed by atoms with Gasteiger partial charge in [0.2, 0.25) is 0 Å². The molecule has 1 aliphatic rings. The lowest BCUT2D eigenvalue weighted by atomic mass is 10.1. The third-order valence-corrected chi connectivity index (χ3v) is 3.39. The first-order chi connectivity index (χ1) is 9.93. The van der Waals surface area contributed by atoms with Crippen molar-refractivity contribution in [3.63, 3.8) is 0 Å². The van der Waals surface area contributed by atoms with Crippen LogP contribution in [0.25, 0.3) is 11.2 Å². The van der Waals surface area contributed by atoms with E-state index in [4.69, 9.17) is 9.84 Å². The number of nitrogens with zero attached hydrogens (tertiary/aromatic N) is 1. The fraction of sp³-hybridized carbons (Fsp3) is 0.500. The second-order valence-electron chi connectivity index (χ2n) is 4.66. The molecule has 3 rings (SSSR count). The molecule has 0 aromatic carbocycles. The number of H-pyrrole nitrogens is 3. The Kier molecular flexibility index (Phi) is 3.06. The van der Waals surface area contributed by atoms with Crippen molar-refractivity contribution in [2.45, 2.75) is 24.5 Å². The normalized spacial score (nSPS) is 29.3. The number of rotatable bonds is 2. The van der Waals surface area contributed by atoms with Gasteiger partial charge < -0.3 is 20.1 Å². The van der Waals surface area contributed by atoms with Crippen molar-refractivity contribution < 1.29 is 20.1 Å². The van der Waals surface area contributed by atoms with Gasteiger partial charge in [0.05, 0.1) is 6.61 Å². The smallest absolute Gasteiger partial charge is 0.332 e. The molecule has 1 fully saturated rings. The molecule has 1 saturated heterocycles. The molecule has 2 aromatic rings. The van der Waals surface area contributed by atoms with Crippen LogP contribution in [0.5, 0.6) is 0 Å². The summed E-state index contributed by atoms with van der Waals surface area (Å²) in [7, 11) is 0. The van der Waals surface area contributed by atoms with Gasteiger partial charge in [0.15, 0.2) is 17.4 Å².